The van der Waals surface area contributed by atoms with Gasteiger partial charge in [-0.05, 0) is 35.9 Å². The van der Waals surface area contributed by atoms with E-state index < -0.39 is 22.3 Å². The van der Waals surface area contributed by atoms with E-state index in [1.807, 2.05) is 0 Å². The third kappa shape index (κ3) is 3.98. The van der Waals surface area contributed by atoms with Crippen LogP contribution in [-0.2, 0) is 11.7 Å². The molecule has 1 aromatic heterocycles. The van der Waals surface area contributed by atoms with Crippen LogP contribution in [0.5, 0.6) is 0 Å². The van der Waals surface area contributed by atoms with Crippen molar-refractivity contribution in [1.29, 1.82) is 0 Å². The van der Waals surface area contributed by atoms with Crippen molar-refractivity contribution in [3.8, 4) is 11.3 Å². The number of rotatable bonds is 4. The van der Waals surface area contributed by atoms with Gasteiger partial charge in [0.1, 0.15) is 6.33 Å². The molecular weight excluding hydrogens is 412 g/mol. The highest BCUT2D eigenvalue weighted by molar-refractivity contribution is 6.31. The minimum atomic E-state index is -4.53. The third-order valence-electron chi connectivity index (χ3n) is 4.38. The van der Waals surface area contributed by atoms with Gasteiger partial charge in [-0.2, -0.15) is 13.2 Å². The van der Waals surface area contributed by atoms with E-state index in [2.05, 4.69) is 9.97 Å². The Morgan fingerprint density at radius 1 is 0.929 bits per heavy atom. The number of alkyl halides is 3. The Morgan fingerprint density at radius 2 is 1.61 bits per heavy atom. The molecule has 28 heavy (non-hydrogen) atoms. The molecule has 146 valence electrons. The van der Waals surface area contributed by atoms with Gasteiger partial charge in [-0.1, -0.05) is 41.4 Å². The molecule has 3 rings (SSSR count). The van der Waals surface area contributed by atoms with Crippen LogP contribution >= 0.6 is 23.2 Å². The van der Waals surface area contributed by atoms with Crippen LogP contribution in [0.3, 0.4) is 0 Å². The SMILES string of the molecule is NCC(N)(c1ccc(Cl)cc1)c1cc(-c2ccc(C(F)(F)F)c(Cl)c2)ncn1. The maximum Gasteiger partial charge on any atom is 0.417 e. The summed E-state index contributed by atoms with van der Waals surface area (Å²) in [6.45, 7) is 0.0405. The average molecular weight is 427 g/mol. The van der Waals surface area contributed by atoms with Gasteiger partial charge in [-0.25, -0.2) is 9.97 Å². The fourth-order valence-electron chi connectivity index (χ4n) is 2.78. The molecule has 0 radical (unpaired) electrons. The highest BCUT2D eigenvalue weighted by atomic mass is 35.5. The fourth-order valence-corrected chi connectivity index (χ4v) is 3.19. The van der Waals surface area contributed by atoms with Crippen LogP contribution < -0.4 is 11.5 Å². The van der Waals surface area contributed by atoms with E-state index in [0.29, 0.717) is 27.5 Å². The van der Waals surface area contributed by atoms with Gasteiger partial charge < -0.3 is 11.5 Å². The molecule has 1 unspecified atom stereocenters. The highest BCUT2D eigenvalue weighted by Gasteiger charge is 2.33. The molecule has 0 spiro atoms. The van der Waals surface area contributed by atoms with Crippen molar-refractivity contribution >= 4 is 23.2 Å². The lowest BCUT2D eigenvalue weighted by molar-refractivity contribution is -0.137. The van der Waals surface area contributed by atoms with E-state index in [-0.39, 0.29) is 6.54 Å². The number of nitrogens with zero attached hydrogens (tertiary/aromatic N) is 2. The van der Waals surface area contributed by atoms with Crippen LogP contribution in [-0.4, -0.2) is 16.5 Å². The largest absolute Gasteiger partial charge is 0.417 e. The number of halogens is 5. The van der Waals surface area contributed by atoms with Crippen LogP contribution in [0.4, 0.5) is 13.2 Å². The quantitative estimate of drug-likeness (QED) is 0.637. The molecular formula is C19H15Cl2F3N4. The molecule has 0 fully saturated rings. The van der Waals surface area contributed by atoms with Crippen molar-refractivity contribution in [3.05, 3.63) is 81.7 Å². The van der Waals surface area contributed by atoms with Crippen LogP contribution in [0.15, 0.2) is 54.9 Å². The first-order chi connectivity index (χ1) is 13.1. The van der Waals surface area contributed by atoms with Crippen molar-refractivity contribution in [2.45, 2.75) is 11.7 Å². The van der Waals surface area contributed by atoms with E-state index in [0.717, 1.165) is 6.07 Å². The van der Waals surface area contributed by atoms with Crippen molar-refractivity contribution in [3.63, 3.8) is 0 Å². The summed E-state index contributed by atoms with van der Waals surface area (Å²) >= 11 is 11.7. The number of hydrogen-bond acceptors (Lipinski definition) is 4. The molecule has 0 saturated carbocycles. The van der Waals surface area contributed by atoms with Crippen LogP contribution in [0.2, 0.25) is 10.0 Å². The number of benzene rings is 2. The normalized spacial score (nSPS) is 14.0. The first kappa shape index (κ1) is 20.5. The second kappa shape index (κ2) is 7.67. The molecule has 1 atom stereocenters. The zero-order valence-corrected chi connectivity index (χ0v) is 15.9. The van der Waals surface area contributed by atoms with Gasteiger partial charge in [0.05, 0.1) is 27.5 Å². The molecule has 9 heteroatoms. The zero-order chi connectivity index (χ0) is 20.5. The third-order valence-corrected chi connectivity index (χ3v) is 4.94. The van der Waals surface area contributed by atoms with Gasteiger partial charge in [0.25, 0.3) is 0 Å². The minimum absolute atomic E-state index is 0.0405. The van der Waals surface area contributed by atoms with Gasteiger partial charge in [-0.15, -0.1) is 0 Å². The number of aromatic nitrogens is 2. The predicted octanol–water partition coefficient (Wildman–Crippen LogP) is 4.63. The summed E-state index contributed by atoms with van der Waals surface area (Å²) in [5.74, 6) is 0. The van der Waals surface area contributed by atoms with E-state index in [9.17, 15) is 13.2 Å². The Labute approximate surface area is 169 Å². The predicted molar refractivity (Wildman–Crippen MR) is 103 cm³/mol. The molecule has 0 saturated heterocycles. The Kier molecular flexibility index (Phi) is 5.63. The van der Waals surface area contributed by atoms with Crippen LogP contribution in [0.25, 0.3) is 11.3 Å². The number of hydrogen-bond donors (Lipinski definition) is 2. The average Bonchev–Trinajstić information content (AvgIpc) is 2.67. The van der Waals surface area contributed by atoms with Crippen LogP contribution in [0.1, 0.15) is 16.8 Å². The van der Waals surface area contributed by atoms with E-state index >= 15 is 0 Å². The Bertz CT molecular complexity index is 993. The first-order valence-electron chi connectivity index (χ1n) is 8.10. The summed E-state index contributed by atoms with van der Waals surface area (Å²) < 4.78 is 38.7. The molecule has 0 aliphatic rings. The summed E-state index contributed by atoms with van der Waals surface area (Å²) in [5.41, 5.74) is 12.3. The van der Waals surface area contributed by atoms with E-state index in [1.165, 1.54) is 18.5 Å². The zero-order valence-electron chi connectivity index (χ0n) is 14.3. The van der Waals surface area contributed by atoms with Gasteiger partial charge in [-0.3, -0.25) is 0 Å². The van der Waals surface area contributed by atoms with Gasteiger partial charge in [0.2, 0.25) is 0 Å². The molecule has 0 aliphatic carbocycles. The van der Waals surface area contributed by atoms with E-state index in [1.54, 1.807) is 30.3 Å². The first-order valence-corrected chi connectivity index (χ1v) is 8.85. The van der Waals surface area contributed by atoms with E-state index in [4.69, 9.17) is 34.7 Å². The van der Waals surface area contributed by atoms with Crippen molar-refractivity contribution in [2.24, 2.45) is 11.5 Å². The summed E-state index contributed by atoms with van der Waals surface area (Å²) in [6.07, 6.45) is -3.25. The summed E-state index contributed by atoms with van der Waals surface area (Å²) in [4.78, 5) is 8.35. The van der Waals surface area contributed by atoms with Crippen molar-refractivity contribution in [1.82, 2.24) is 9.97 Å². The molecule has 0 aliphatic heterocycles. The maximum atomic E-state index is 12.9. The highest BCUT2D eigenvalue weighted by Crippen LogP contribution is 2.37. The Hall–Kier alpha value is -2.19. The monoisotopic (exact) mass is 426 g/mol. The summed E-state index contributed by atoms with van der Waals surface area (Å²) in [5, 5.41) is 0.131. The molecule has 4 N–H and O–H groups in total. The second-order valence-electron chi connectivity index (χ2n) is 6.16. The second-order valence-corrected chi connectivity index (χ2v) is 7.01. The molecule has 0 amide bonds. The summed E-state index contributed by atoms with van der Waals surface area (Å²) in [7, 11) is 0. The van der Waals surface area contributed by atoms with Crippen LogP contribution in [0, 0.1) is 0 Å². The maximum absolute atomic E-state index is 12.9. The van der Waals surface area contributed by atoms with Crippen molar-refractivity contribution < 1.29 is 13.2 Å². The topological polar surface area (TPSA) is 77.8 Å². The van der Waals surface area contributed by atoms with Gasteiger partial charge in [0.15, 0.2) is 0 Å². The Morgan fingerprint density at radius 3 is 2.18 bits per heavy atom. The van der Waals surface area contributed by atoms with Gasteiger partial charge in [0, 0.05) is 17.1 Å². The molecule has 0 bridgehead atoms. The lowest BCUT2D eigenvalue weighted by Gasteiger charge is -2.28. The van der Waals surface area contributed by atoms with Gasteiger partial charge >= 0.3 is 6.18 Å². The minimum Gasteiger partial charge on any atom is -0.328 e. The smallest absolute Gasteiger partial charge is 0.328 e. The lowest BCUT2D eigenvalue weighted by Crippen LogP contribution is -2.45. The standard InChI is InChI=1S/C19H15Cl2F3N4/c20-13-4-2-12(3-5-13)18(26,9-25)17-8-16(27-10-28-17)11-1-6-14(15(21)7-11)19(22,23)24/h1-8,10H,9,25-26H2. The molecule has 4 nitrogen and oxygen atoms in total. The van der Waals surface area contributed by atoms with Crippen molar-refractivity contribution in [2.75, 3.05) is 6.54 Å². The number of nitrogens with two attached hydrogens (primary N) is 2. The summed E-state index contributed by atoms with van der Waals surface area (Å²) in [6, 6.07) is 11.9. The lowest BCUT2D eigenvalue weighted by atomic mass is 9.87. The molecule has 1 heterocycles. The molecule has 2 aromatic carbocycles. The Balaban J connectivity index is 2.04. The fraction of sp³-hybridized carbons (Fsp3) is 0.158. The molecule has 3 aromatic rings.